The van der Waals surface area contributed by atoms with E-state index in [2.05, 4.69) is 10.6 Å². The zero-order chi connectivity index (χ0) is 16.8. The van der Waals surface area contributed by atoms with E-state index < -0.39 is 17.4 Å². The van der Waals surface area contributed by atoms with Crippen LogP contribution in [-0.4, -0.2) is 28.0 Å². The van der Waals surface area contributed by atoms with Crippen molar-refractivity contribution in [2.24, 2.45) is 5.41 Å². The highest BCUT2D eigenvalue weighted by Crippen LogP contribution is 2.17. The van der Waals surface area contributed by atoms with Gasteiger partial charge >= 0.3 is 5.97 Å². The van der Waals surface area contributed by atoms with Crippen molar-refractivity contribution in [1.82, 2.24) is 10.6 Å². The van der Waals surface area contributed by atoms with Crippen molar-refractivity contribution >= 4 is 29.1 Å². The lowest BCUT2D eigenvalue weighted by atomic mass is 9.87. The molecule has 3 N–H and O–H groups in total. The number of hydrogen-bond donors (Lipinski definition) is 3. The molecule has 5 nitrogen and oxygen atoms in total. The number of ketones is 1. The molecule has 1 aromatic carbocycles. The Balaban J connectivity index is 2.54. The fourth-order valence-corrected chi connectivity index (χ4v) is 1.89. The number of aliphatic carboxylic acids is 1. The molecule has 0 saturated carbocycles. The number of Topliss-reactive ketones (excluding diaryl/α,β-unsaturated/α-hetero) is 1. The number of carboxylic acid groups (broad SMARTS) is 1. The van der Waals surface area contributed by atoms with E-state index in [9.17, 15) is 14.7 Å². The third-order valence-electron chi connectivity index (χ3n) is 3.13. The molecule has 0 aliphatic rings. The second-order valence-corrected chi connectivity index (χ2v) is 6.49. The molecule has 1 unspecified atom stereocenters. The highest BCUT2D eigenvalue weighted by molar-refractivity contribution is 7.80. The molecule has 22 heavy (non-hydrogen) atoms. The lowest BCUT2D eigenvalue weighted by Gasteiger charge is -2.21. The molecule has 1 aromatic rings. The lowest BCUT2D eigenvalue weighted by Crippen LogP contribution is -2.47. The summed E-state index contributed by atoms with van der Waals surface area (Å²) in [6.45, 7) is 5.78. The number of carbonyl (C=O) groups excluding carboxylic acids is 1. The second-order valence-electron chi connectivity index (χ2n) is 6.08. The molecule has 1 rings (SSSR count). The maximum Gasteiger partial charge on any atom is 0.326 e. The number of nitrogens with one attached hydrogen (secondary N) is 2. The highest BCUT2D eigenvalue weighted by Gasteiger charge is 2.28. The van der Waals surface area contributed by atoms with Gasteiger partial charge in [0, 0.05) is 18.4 Å². The van der Waals surface area contributed by atoms with Gasteiger partial charge in [0.25, 0.3) is 0 Å². The van der Waals surface area contributed by atoms with E-state index >= 15 is 0 Å². The Hall–Kier alpha value is -1.95. The number of carboxylic acids is 1. The average molecular weight is 322 g/mol. The molecule has 0 radical (unpaired) electrons. The molecular weight excluding hydrogens is 300 g/mol. The van der Waals surface area contributed by atoms with Crippen LogP contribution in [-0.2, 0) is 16.1 Å². The van der Waals surface area contributed by atoms with Crippen molar-refractivity contribution in [2.45, 2.75) is 39.8 Å². The fourth-order valence-electron chi connectivity index (χ4n) is 1.68. The Morgan fingerprint density at radius 3 is 2.32 bits per heavy atom. The molecule has 0 aliphatic carbocycles. The Bertz CT molecular complexity index is 538. The summed E-state index contributed by atoms with van der Waals surface area (Å²) in [5.41, 5.74) is 0.457. The summed E-state index contributed by atoms with van der Waals surface area (Å²) in [5, 5.41) is 15.1. The molecule has 120 valence electrons. The van der Waals surface area contributed by atoms with Gasteiger partial charge in [-0.3, -0.25) is 4.79 Å². The van der Waals surface area contributed by atoms with E-state index in [4.69, 9.17) is 12.2 Å². The molecule has 0 aliphatic heterocycles. The molecule has 0 bridgehead atoms. The van der Waals surface area contributed by atoms with Gasteiger partial charge in [0.05, 0.1) is 0 Å². The van der Waals surface area contributed by atoms with Crippen LogP contribution >= 0.6 is 12.2 Å². The first-order valence-electron chi connectivity index (χ1n) is 7.04. The largest absolute Gasteiger partial charge is 0.480 e. The van der Waals surface area contributed by atoms with Crippen molar-refractivity contribution in [3.05, 3.63) is 35.9 Å². The monoisotopic (exact) mass is 322 g/mol. The number of thiocarbonyl (C=S) groups is 1. The third kappa shape index (κ3) is 6.22. The molecule has 0 spiro atoms. The number of carbonyl (C=O) groups is 2. The first kappa shape index (κ1) is 18.1. The second kappa shape index (κ2) is 7.89. The van der Waals surface area contributed by atoms with Gasteiger partial charge in [0.2, 0.25) is 0 Å². The summed E-state index contributed by atoms with van der Waals surface area (Å²) < 4.78 is 0. The molecule has 0 fully saturated rings. The summed E-state index contributed by atoms with van der Waals surface area (Å²) in [7, 11) is 0. The van der Waals surface area contributed by atoms with Crippen molar-refractivity contribution in [3.8, 4) is 0 Å². The van der Waals surface area contributed by atoms with E-state index in [-0.39, 0.29) is 17.3 Å². The molecule has 0 heterocycles. The number of benzene rings is 1. The van der Waals surface area contributed by atoms with E-state index in [1.165, 1.54) is 0 Å². The van der Waals surface area contributed by atoms with Crippen LogP contribution in [0.2, 0.25) is 0 Å². The van der Waals surface area contributed by atoms with E-state index in [1.807, 2.05) is 30.3 Å². The third-order valence-corrected chi connectivity index (χ3v) is 3.39. The van der Waals surface area contributed by atoms with Crippen molar-refractivity contribution in [2.75, 3.05) is 0 Å². The maximum absolute atomic E-state index is 12.0. The minimum absolute atomic E-state index is 0.105. The first-order chi connectivity index (χ1) is 10.2. The molecule has 0 amide bonds. The van der Waals surface area contributed by atoms with Gasteiger partial charge < -0.3 is 15.7 Å². The SMILES string of the molecule is CC(C)(C)C(=O)CC(NC(=S)NCc1ccccc1)C(=O)O. The number of rotatable bonds is 6. The normalized spacial score (nSPS) is 12.3. The van der Waals surface area contributed by atoms with E-state index in [1.54, 1.807) is 20.8 Å². The van der Waals surface area contributed by atoms with Crippen LogP contribution in [0.3, 0.4) is 0 Å². The van der Waals surface area contributed by atoms with Crippen LogP contribution in [0.1, 0.15) is 32.8 Å². The van der Waals surface area contributed by atoms with Gasteiger partial charge in [-0.25, -0.2) is 4.79 Å². The molecule has 6 heteroatoms. The summed E-state index contributed by atoms with van der Waals surface area (Å²) in [5.74, 6) is -1.22. The zero-order valence-electron chi connectivity index (χ0n) is 13.1. The summed E-state index contributed by atoms with van der Waals surface area (Å²) in [6.07, 6.45) is -0.105. The van der Waals surface area contributed by atoms with Crippen LogP contribution in [0.5, 0.6) is 0 Å². The van der Waals surface area contributed by atoms with Crippen LogP contribution in [0, 0.1) is 5.41 Å². The molecule has 1 atom stereocenters. The average Bonchev–Trinajstić information content (AvgIpc) is 2.44. The zero-order valence-corrected chi connectivity index (χ0v) is 13.9. The van der Waals surface area contributed by atoms with Crippen LogP contribution in [0.4, 0.5) is 0 Å². The van der Waals surface area contributed by atoms with Crippen molar-refractivity contribution < 1.29 is 14.7 Å². The van der Waals surface area contributed by atoms with Crippen molar-refractivity contribution in [1.29, 1.82) is 0 Å². The minimum atomic E-state index is -1.10. The van der Waals surface area contributed by atoms with Crippen LogP contribution in [0.15, 0.2) is 30.3 Å². The number of hydrogen-bond acceptors (Lipinski definition) is 3. The van der Waals surface area contributed by atoms with Gasteiger partial charge in [-0.2, -0.15) is 0 Å². The highest BCUT2D eigenvalue weighted by atomic mass is 32.1. The van der Waals surface area contributed by atoms with Gasteiger partial charge in [-0.1, -0.05) is 51.1 Å². The Morgan fingerprint density at radius 2 is 1.82 bits per heavy atom. The van der Waals surface area contributed by atoms with Crippen LogP contribution < -0.4 is 10.6 Å². The van der Waals surface area contributed by atoms with Gasteiger partial charge in [0.1, 0.15) is 11.8 Å². The first-order valence-corrected chi connectivity index (χ1v) is 7.45. The van der Waals surface area contributed by atoms with Gasteiger partial charge in [-0.15, -0.1) is 0 Å². The summed E-state index contributed by atoms with van der Waals surface area (Å²) in [6, 6.07) is 8.59. The standard InChI is InChI=1S/C16H22N2O3S/c1-16(2,3)13(19)9-12(14(20)21)18-15(22)17-10-11-7-5-4-6-8-11/h4-8,12H,9-10H2,1-3H3,(H,20,21)(H2,17,18,22). The maximum atomic E-state index is 12.0. The summed E-state index contributed by atoms with van der Waals surface area (Å²) >= 11 is 5.10. The van der Waals surface area contributed by atoms with E-state index in [0.717, 1.165) is 5.56 Å². The van der Waals surface area contributed by atoms with Crippen LogP contribution in [0.25, 0.3) is 0 Å². The fraction of sp³-hybridized carbons (Fsp3) is 0.438. The Kier molecular flexibility index (Phi) is 6.49. The summed E-state index contributed by atoms with van der Waals surface area (Å²) in [4.78, 5) is 23.2. The van der Waals surface area contributed by atoms with Crippen molar-refractivity contribution in [3.63, 3.8) is 0 Å². The Labute approximate surface area is 136 Å². The lowest BCUT2D eigenvalue weighted by molar-refractivity contribution is -0.141. The van der Waals surface area contributed by atoms with E-state index in [0.29, 0.717) is 6.54 Å². The Morgan fingerprint density at radius 1 is 1.23 bits per heavy atom. The predicted molar refractivity (Wildman–Crippen MR) is 89.5 cm³/mol. The smallest absolute Gasteiger partial charge is 0.326 e. The van der Waals surface area contributed by atoms with Gasteiger partial charge in [0.15, 0.2) is 5.11 Å². The molecule has 0 aromatic heterocycles. The molecule has 0 saturated heterocycles. The quantitative estimate of drug-likeness (QED) is 0.696. The topological polar surface area (TPSA) is 78.4 Å². The minimum Gasteiger partial charge on any atom is -0.480 e. The molecular formula is C16H22N2O3S. The van der Waals surface area contributed by atoms with Gasteiger partial charge in [-0.05, 0) is 17.8 Å². The predicted octanol–water partition coefficient (Wildman–Crippen LogP) is 2.11.